The number of benzene rings is 2. The minimum absolute atomic E-state index is 0.0688. The Labute approximate surface area is 167 Å². The number of nitrogens with zero attached hydrogens (tertiary/aromatic N) is 1. The second kappa shape index (κ2) is 10.1. The van der Waals surface area contributed by atoms with Crippen LogP contribution >= 0.6 is 0 Å². The largest absolute Gasteiger partial charge is 0.494 e. The highest BCUT2D eigenvalue weighted by Crippen LogP contribution is 2.25. The lowest BCUT2D eigenvalue weighted by Crippen LogP contribution is -2.45. The molecule has 0 aliphatic carbocycles. The molecule has 0 radical (unpaired) electrons. The van der Waals surface area contributed by atoms with Crippen LogP contribution in [0.1, 0.15) is 43.9 Å². The lowest BCUT2D eigenvalue weighted by molar-refractivity contribution is 0.0823. The standard InChI is InChI=1S/C23H30N2O3/c1-3-25(17-21-11-8-16-28-21)23(26)24-22(18-9-6-5-7-10-18)19-12-14-20(15-13-19)27-4-2/h5-7,9-10,12-15,21-22H,3-4,8,11,16-17H2,1-2H3,(H,24,26). The zero-order valence-corrected chi connectivity index (χ0v) is 16.8. The number of carbonyl (C=O) groups is 1. The molecule has 0 spiro atoms. The van der Waals surface area contributed by atoms with Crippen molar-refractivity contribution in [2.75, 3.05) is 26.3 Å². The summed E-state index contributed by atoms with van der Waals surface area (Å²) in [5.74, 6) is 0.831. The Morgan fingerprint density at radius 2 is 1.86 bits per heavy atom. The van der Waals surface area contributed by atoms with E-state index in [1.54, 1.807) is 0 Å². The second-order valence-electron chi connectivity index (χ2n) is 6.97. The summed E-state index contributed by atoms with van der Waals surface area (Å²) in [6.45, 7) is 6.68. The number of carbonyl (C=O) groups excluding carboxylic acids is 1. The minimum atomic E-state index is -0.220. The molecule has 5 nitrogen and oxygen atoms in total. The number of urea groups is 1. The van der Waals surface area contributed by atoms with Crippen molar-refractivity contribution in [1.29, 1.82) is 0 Å². The van der Waals surface area contributed by atoms with Crippen LogP contribution in [-0.4, -0.2) is 43.3 Å². The van der Waals surface area contributed by atoms with Crippen molar-refractivity contribution >= 4 is 6.03 Å². The van der Waals surface area contributed by atoms with Gasteiger partial charge in [0.15, 0.2) is 0 Å². The van der Waals surface area contributed by atoms with Gasteiger partial charge in [-0.3, -0.25) is 0 Å². The van der Waals surface area contributed by atoms with Gasteiger partial charge in [0.05, 0.1) is 18.8 Å². The van der Waals surface area contributed by atoms with Gasteiger partial charge in [-0.2, -0.15) is 0 Å². The number of nitrogens with one attached hydrogen (secondary N) is 1. The van der Waals surface area contributed by atoms with Crippen molar-refractivity contribution < 1.29 is 14.3 Å². The highest BCUT2D eigenvalue weighted by Gasteiger charge is 2.24. The molecule has 1 N–H and O–H groups in total. The zero-order chi connectivity index (χ0) is 19.8. The Bertz CT molecular complexity index is 727. The molecule has 150 valence electrons. The van der Waals surface area contributed by atoms with Crippen molar-refractivity contribution in [2.45, 2.75) is 38.8 Å². The molecule has 5 heteroatoms. The van der Waals surface area contributed by atoms with Gasteiger partial charge in [-0.25, -0.2) is 4.79 Å². The number of likely N-dealkylation sites (N-methyl/N-ethyl adjacent to an activating group) is 1. The van der Waals surface area contributed by atoms with E-state index in [0.29, 0.717) is 19.7 Å². The Kier molecular flexibility index (Phi) is 7.31. The summed E-state index contributed by atoms with van der Waals surface area (Å²) >= 11 is 0. The summed E-state index contributed by atoms with van der Waals surface area (Å²) in [6, 6.07) is 17.7. The molecule has 1 heterocycles. The first-order chi connectivity index (χ1) is 13.7. The Morgan fingerprint density at radius 3 is 2.46 bits per heavy atom. The second-order valence-corrected chi connectivity index (χ2v) is 6.97. The van der Waals surface area contributed by atoms with E-state index in [2.05, 4.69) is 5.32 Å². The molecule has 2 aromatic carbocycles. The van der Waals surface area contributed by atoms with E-state index in [0.717, 1.165) is 36.3 Å². The molecule has 2 atom stereocenters. The van der Waals surface area contributed by atoms with E-state index in [-0.39, 0.29) is 18.2 Å². The third kappa shape index (κ3) is 5.26. The zero-order valence-electron chi connectivity index (χ0n) is 16.8. The van der Waals surface area contributed by atoms with Gasteiger partial charge in [0.25, 0.3) is 0 Å². The van der Waals surface area contributed by atoms with E-state index < -0.39 is 0 Å². The van der Waals surface area contributed by atoms with E-state index in [4.69, 9.17) is 9.47 Å². The SMILES string of the molecule is CCOc1ccc(C(NC(=O)N(CC)CC2CCCO2)c2ccccc2)cc1. The first-order valence-electron chi connectivity index (χ1n) is 10.2. The van der Waals surface area contributed by atoms with Crippen molar-refractivity contribution in [3.63, 3.8) is 0 Å². The minimum Gasteiger partial charge on any atom is -0.494 e. The van der Waals surface area contributed by atoms with Crippen LogP contribution in [0.25, 0.3) is 0 Å². The summed E-state index contributed by atoms with van der Waals surface area (Å²) in [7, 11) is 0. The van der Waals surface area contributed by atoms with Crippen LogP contribution in [0.5, 0.6) is 5.75 Å². The lowest BCUT2D eigenvalue weighted by atomic mass is 9.98. The van der Waals surface area contributed by atoms with Crippen LogP contribution in [0.4, 0.5) is 4.79 Å². The van der Waals surface area contributed by atoms with Gasteiger partial charge in [0, 0.05) is 19.7 Å². The normalized spacial score (nSPS) is 17.1. The maximum Gasteiger partial charge on any atom is 0.318 e. The quantitative estimate of drug-likeness (QED) is 0.737. The maximum atomic E-state index is 13.0. The molecule has 2 unspecified atom stereocenters. The van der Waals surface area contributed by atoms with Gasteiger partial charge in [0.2, 0.25) is 0 Å². The van der Waals surface area contributed by atoms with Crippen LogP contribution in [0.2, 0.25) is 0 Å². The number of ether oxygens (including phenoxy) is 2. The predicted molar refractivity (Wildman–Crippen MR) is 111 cm³/mol. The lowest BCUT2D eigenvalue weighted by Gasteiger charge is -2.28. The van der Waals surface area contributed by atoms with Crippen LogP contribution in [-0.2, 0) is 4.74 Å². The van der Waals surface area contributed by atoms with Crippen LogP contribution < -0.4 is 10.1 Å². The first-order valence-corrected chi connectivity index (χ1v) is 10.2. The third-order valence-corrected chi connectivity index (χ3v) is 5.04. The molecule has 1 aliphatic heterocycles. The van der Waals surface area contributed by atoms with E-state index in [9.17, 15) is 4.79 Å². The fraction of sp³-hybridized carbons (Fsp3) is 0.435. The highest BCUT2D eigenvalue weighted by atomic mass is 16.5. The maximum absolute atomic E-state index is 13.0. The van der Waals surface area contributed by atoms with Gasteiger partial charge in [-0.05, 0) is 49.9 Å². The molecule has 0 saturated carbocycles. The van der Waals surface area contributed by atoms with E-state index >= 15 is 0 Å². The summed E-state index contributed by atoms with van der Waals surface area (Å²) in [5.41, 5.74) is 2.07. The molecular weight excluding hydrogens is 352 g/mol. The Balaban J connectivity index is 1.77. The average Bonchev–Trinajstić information content (AvgIpc) is 3.25. The molecule has 1 saturated heterocycles. The molecule has 0 bridgehead atoms. The fourth-order valence-corrected chi connectivity index (χ4v) is 3.53. The molecule has 0 aromatic heterocycles. The number of hydrogen-bond acceptors (Lipinski definition) is 3. The van der Waals surface area contributed by atoms with Crippen LogP contribution in [0.15, 0.2) is 54.6 Å². The summed E-state index contributed by atoms with van der Waals surface area (Å²) in [4.78, 5) is 14.9. The predicted octanol–water partition coefficient (Wildman–Crippen LogP) is 4.39. The van der Waals surface area contributed by atoms with Crippen molar-refractivity contribution in [1.82, 2.24) is 10.2 Å². The molecule has 2 aromatic rings. The van der Waals surface area contributed by atoms with Crippen molar-refractivity contribution in [3.8, 4) is 5.75 Å². The van der Waals surface area contributed by atoms with Gasteiger partial charge < -0.3 is 19.7 Å². The van der Waals surface area contributed by atoms with E-state index in [1.807, 2.05) is 73.3 Å². The summed E-state index contributed by atoms with van der Waals surface area (Å²) < 4.78 is 11.3. The monoisotopic (exact) mass is 382 g/mol. The van der Waals surface area contributed by atoms with E-state index in [1.165, 1.54) is 0 Å². The van der Waals surface area contributed by atoms with Gasteiger partial charge in [0.1, 0.15) is 5.75 Å². The molecule has 2 amide bonds. The van der Waals surface area contributed by atoms with Crippen molar-refractivity contribution in [2.24, 2.45) is 0 Å². The molecular formula is C23H30N2O3. The number of hydrogen-bond donors (Lipinski definition) is 1. The summed E-state index contributed by atoms with van der Waals surface area (Å²) in [6.07, 6.45) is 2.24. The smallest absolute Gasteiger partial charge is 0.318 e. The van der Waals surface area contributed by atoms with Crippen molar-refractivity contribution in [3.05, 3.63) is 65.7 Å². The first kappa shape index (κ1) is 20.2. The van der Waals surface area contributed by atoms with Gasteiger partial charge in [-0.15, -0.1) is 0 Å². The third-order valence-electron chi connectivity index (χ3n) is 5.04. The molecule has 1 aliphatic rings. The van der Waals surface area contributed by atoms with Crippen LogP contribution in [0, 0.1) is 0 Å². The molecule has 3 rings (SSSR count). The van der Waals surface area contributed by atoms with Gasteiger partial charge in [-0.1, -0.05) is 42.5 Å². The average molecular weight is 383 g/mol. The van der Waals surface area contributed by atoms with Crippen LogP contribution in [0.3, 0.4) is 0 Å². The van der Waals surface area contributed by atoms with Gasteiger partial charge >= 0.3 is 6.03 Å². The molecule has 1 fully saturated rings. The number of amides is 2. The Morgan fingerprint density at radius 1 is 1.14 bits per heavy atom. The molecule has 28 heavy (non-hydrogen) atoms. The Hall–Kier alpha value is -2.53. The number of rotatable bonds is 8. The summed E-state index contributed by atoms with van der Waals surface area (Å²) in [5, 5.41) is 3.22. The highest BCUT2D eigenvalue weighted by molar-refractivity contribution is 5.75. The fourth-order valence-electron chi connectivity index (χ4n) is 3.53. The topological polar surface area (TPSA) is 50.8 Å².